The van der Waals surface area contributed by atoms with Gasteiger partial charge < -0.3 is 15.3 Å². The number of hydrogen-bond acceptors (Lipinski definition) is 3. The van der Waals surface area contributed by atoms with Crippen molar-refractivity contribution in [3.05, 3.63) is 11.6 Å². The van der Waals surface area contributed by atoms with Gasteiger partial charge in [-0.05, 0) is 49.4 Å². The summed E-state index contributed by atoms with van der Waals surface area (Å²) in [6.45, 7) is 6.59. The number of aliphatic hydroxyl groups excluding tert-OH is 2. The summed E-state index contributed by atoms with van der Waals surface area (Å²) in [7, 11) is 0. The van der Waals surface area contributed by atoms with Crippen molar-refractivity contribution in [1.82, 2.24) is 0 Å². The average molecular weight is 391 g/mol. The number of hydrogen-bond donors (Lipinski definition) is 3. The molecule has 0 aromatic rings. The van der Waals surface area contributed by atoms with Crippen molar-refractivity contribution in [2.45, 2.75) is 97.2 Å². The highest BCUT2D eigenvalue weighted by atomic mass is 16.4. The van der Waals surface area contributed by atoms with Crippen LogP contribution in [0.5, 0.6) is 0 Å². The van der Waals surface area contributed by atoms with E-state index in [2.05, 4.69) is 38.7 Å². The van der Waals surface area contributed by atoms with Gasteiger partial charge in [0.15, 0.2) is 0 Å². The molecule has 158 valence electrons. The van der Waals surface area contributed by atoms with Gasteiger partial charge in [0.05, 0.1) is 12.0 Å². The molecule has 0 bridgehead atoms. The molecule has 2 unspecified atom stereocenters. The molecular formula is C24H38O4. The maximum absolute atomic E-state index is 10.8. The largest absolute Gasteiger partial charge is 0.481 e. The zero-order valence-corrected chi connectivity index (χ0v) is 17.8. The topological polar surface area (TPSA) is 77.8 Å². The zero-order valence-electron chi connectivity index (χ0n) is 17.8. The Morgan fingerprint density at radius 1 is 1.32 bits per heavy atom. The highest BCUT2D eigenvalue weighted by Gasteiger charge is 2.58. The molecule has 0 aliphatic heterocycles. The molecule has 4 nitrogen and oxygen atoms in total. The van der Waals surface area contributed by atoms with E-state index in [0.717, 1.165) is 19.3 Å². The fourth-order valence-corrected chi connectivity index (χ4v) is 5.41. The number of aliphatic hydroxyl groups is 2. The van der Waals surface area contributed by atoms with Crippen molar-refractivity contribution in [3.8, 4) is 11.8 Å². The Morgan fingerprint density at radius 3 is 2.71 bits per heavy atom. The summed E-state index contributed by atoms with van der Waals surface area (Å²) < 4.78 is 0. The molecule has 4 heteroatoms. The van der Waals surface area contributed by atoms with Gasteiger partial charge in [-0.1, -0.05) is 69.9 Å². The molecule has 0 spiro atoms. The fraction of sp³-hybridized carbons (Fsp3) is 0.792. The molecule has 0 heterocycles. The van der Waals surface area contributed by atoms with Crippen LogP contribution in [0.4, 0.5) is 0 Å². The molecule has 2 aliphatic rings. The predicted octanol–water partition coefficient (Wildman–Crippen LogP) is 4.55. The van der Waals surface area contributed by atoms with E-state index in [1.54, 1.807) is 0 Å². The van der Waals surface area contributed by atoms with Gasteiger partial charge in [-0.3, -0.25) is 4.79 Å². The number of allylic oxidation sites excluding steroid dienone is 2. The van der Waals surface area contributed by atoms with E-state index in [1.165, 1.54) is 24.8 Å². The Kier molecular flexibility index (Phi) is 8.58. The van der Waals surface area contributed by atoms with E-state index in [9.17, 15) is 15.0 Å². The molecule has 0 aromatic heterocycles. The molecule has 2 rings (SSSR count). The Balaban J connectivity index is 1.97. The van der Waals surface area contributed by atoms with Crippen LogP contribution >= 0.6 is 0 Å². The number of unbranched alkanes of at least 4 members (excludes halogenated alkanes) is 4. The van der Waals surface area contributed by atoms with Gasteiger partial charge in [-0.2, -0.15) is 0 Å². The second-order valence-electron chi connectivity index (χ2n) is 8.96. The van der Waals surface area contributed by atoms with E-state index in [0.29, 0.717) is 25.2 Å². The third-order valence-corrected chi connectivity index (χ3v) is 6.91. The molecule has 28 heavy (non-hydrogen) atoms. The molecule has 0 aromatic carbocycles. The molecule has 2 saturated carbocycles. The molecule has 0 radical (unpaired) electrons. The van der Waals surface area contributed by atoms with Crippen molar-refractivity contribution >= 4 is 5.97 Å². The molecule has 2 fully saturated rings. The van der Waals surface area contributed by atoms with Crippen LogP contribution < -0.4 is 0 Å². The SMILES string of the molecule is CCCCCCCC(O)C#C[C@H]1[C@H](O)CC[C@]2(C)C(=CCCC(=O)O)C(C)[C@H]12. The van der Waals surface area contributed by atoms with E-state index < -0.39 is 18.2 Å². The predicted molar refractivity (Wildman–Crippen MR) is 112 cm³/mol. The van der Waals surface area contributed by atoms with Crippen molar-refractivity contribution in [2.75, 3.05) is 0 Å². The first-order valence-corrected chi connectivity index (χ1v) is 11.1. The maximum atomic E-state index is 10.8. The average Bonchev–Trinajstić information content (AvgIpc) is 2.65. The number of carbonyl (C=O) groups is 1. The Labute approximate surface area is 170 Å². The lowest BCUT2D eigenvalue weighted by molar-refractivity contribution is -0.136. The summed E-state index contributed by atoms with van der Waals surface area (Å²) in [5, 5.41) is 29.7. The van der Waals surface area contributed by atoms with Gasteiger partial charge in [0.2, 0.25) is 0 Å². The van der Waals surface area contributed by atoms with Crippen molar-refractivity contribution < 1.29 is 20.1 Å². The van der Waals surface area contributed by atoms with Crippen LogP contribution in [0.3, 0.4) is 0 Å². The van der Waals surface area contributed by atoms with Crippen LogP contribution in [0.15, 0.2) is 11.6 Å². The Bertz CT molecular complexity index is 614. The third kappa shape index (κ3) is 5.39. The van der Waals surface area contributed by atoms with Crippen LogP contribution in [0.2, 0.25) is 0 Å². The monoisotopic (exact) mass is 390 g/mol. The van der Waals surface area contributed by atoms with Gasteiger partial charge in [0, 0.05) is 6.42 Å². The number of carboxylic acid groups (broad SMARTS) is 1. The first kappa shape index (κ1) is 23.0. The lowest BCUT2D eigenvalue weighted by Crippen LogP contribution is -2.56. The second-order valence-corrected chi connectivity index (χ2v) is 8.96. The van der Waals surface area contributed by atoms with E-state index in [1.807, 2.05) is 0 Å². The van der Waals surface area contributed by atoms with Crippen LogP contribution in [0, 0.1) is 35.0 Å². The highest BCUT2D eigenvalue weighted by molar-refractivity contribution is 5.66. The van der Waals surface area contributed by atoms with Crippen LogP contribution in [0.1, 0.15) is 85.0 Å². The van der Waals surface area contributed by atoms with E-state index in [-0.39, 0.29) is 23.7 Å². The Morgan fingerprint density at radius 2 is 2.04 bits per heavy atom. The number of rotatable bonds is 9. The number of fused-ring (bicyclic) bond motifs is 1. The molecule has 3 N–H and O–H groups in total. The normalized spacial score (nSPS) is 34.1. The first-order chi connectivity index (χ1) is 13.3. The third-order valence-electron chi connectivity index (χ3n) is 6.91. The summed E-state index contributed by atoms with van der Waals surface area (Å²) in [6.07, 6.45) is 9.92. The molecule has 0 amide bonds. The van der Waals surface area contributed by atoms with Crippen LogP contribution in [0.25, 0.3) is 0 Å². The van der Waals surface area contributed by atoms with Gasteiger partial charge in [0.25, 0.3) is 0 Å². The van der Waals surface area contributed by atoms with Crippen molar-refractivity contribution in [1.29, 1.82) is 0 Å². The van der Waals surface area contributed by atoms with E-state index >= 15 is 0 Å². The van der Waals surface area contributed by atoms with Gasteiger partial charge in [-0.15, -0.1) is 0 Å². The highest BCUT2D eigenvalue weighted by Crippen LogP contribution is 2.64. The summed E-state index contributed by atoms with van der Waals surface area (Å²) in [5.41, 5.74) is 1.33. The maximum Gasteiger partial charge on any atom is 0.303 e. The minimum absolute atomic E-state index is 0.00159. The molecule has 0 saturated heterocycles. The zero-order chi connectivity index (χ0) is 20.7. The summed E-state index contributed by atoms with van der Waals surface area (Å²) in [4.78, 5) is 10.8. The second kappa shape index (κ2) is 10.5. The van der Waals surface area contributed by atoms with Gasteiger partial charge in [0.1, 0.15) is 6.10 Å². The lowest BCUT2D eigenvalue weighted by atomic mass is 9.43. The van der Waals surface area contributed by atoms with Gasteiger partial charge in [-0.25, -0.2) is 0 Å². The molecular weight excluding hydrogens is 352 g/mol. The summed E-state index contributed by atoms with van der Waals surface area (Å²) in [5.74, 6) is 5.95. The lowest BCUT2D eigenvalue weighted by Gasteiger charge is -2.61. The molecule has 2 aliphatic carbocycles. The quantitative estimate of drug-likeness (QED) is 0.307. The van der Waals surface area contributed by atoms with Gasteiger partial charge >= 0.3 is 5.97 Å². The minimum atomic E-state index is -0.767. The first-order valence-electron chi connectivity index (χ1n) is 11.1. The Hall–Kier alpha value is -1.31. The van der Waals surface area contributed by atoms with Crippen molar-refractivity contribution in [3.63, 3.8) is 0 Å². The van der Waals surface area contributed by atoms with E-state index in [4.69, 9.17) is 5.11 Å². The van der Waals surface area contributed by atoms with Crippen LogP contribution in [-0.4, -0.2) is 33.5 Å². The minimum Gasteiger partial charge on any atom is -0.481 e. The standard InChI is InChI=1S/C24H38O4/c1-4-5-6-7-8-10-18(25)13-14-19-21(26)15-16-24(3)20(17(2)23(19)24)11-9-12-22(27)28/h11,17-19,21,23,25-26H,4-10,12,15-16H2,1-3H3,(H,27,28)/t17?,18?,19-,21+,23+,24+/m0/s1. The smallest absolute Gasteiger partial charge is 0.303 e. The number of aliphatic carboxylic acids is 1. The number of carboxylic acids is 1. The molecule has 6 atom stereocenters. The summed E-state index contributed by atoms with van der Waals surface area (Å²) in [6, 6.07) is 0. The summed E-state index contributed by atoms with van der Waals surface area (Å²) >= 11 is 0. The van der Waals surface area contributed by atoms with Crippen molar-refractivity contribution in [2.24, 2.45) is 23.2 Å². The van der Waals surface area contributed by atoms with Crippen LogP contribution in [-0.2, 0) is 4.79 Å². The fourth-order valence-electron chi connectivity index (χ4n) is 5.41.